The zero-order valence-corrected chi connectivity index (χ0v) is 16.1. The van der Waals surface area contributed by atoms with Crippen molar-refractivity contribution < 1.29 is 23.9 Å². The van der Waals surface area contributed by atoms with Gasteiger partial charge < -0.3 is 20.1 Å². The number of esters is 1. The molecule has 1 aliphatic rings. The van der Waals surface area contributed by atoms with Gasteiger partial charge in [-0.2, -0.15) is 5.26 Å². The van der Waals surface area contributed by atoms with E-state index in [9.17, 15) is 19.6 Å². The first-order chi connectivity index (χ1) is 13.4. The Labute approximate surface area is 164 Å². The molecule has 0 radical (unpaired) electrons. The summed E-state index contributed by atoms with van der Waals surface area (Å²) in [7, 11) is 1.52. The molecule has 0 aliphatic heterocycles. The molecule has 0 aromatic heterocycles. The fraction of sp³-hybridized carbons (Fsp3) is 0.500. The molecule has 2 N–H and O–H groups in total. The highest BCUT2D eigenvalue weighted by molar-refractivity contribution is 5.96. The van der Waals surface area contributed by atoms with Crippen LogP contribution in [-0.2, 0) is 14.3 Å². The Bertz CT molecular complexity index is 748. The molecule has 0 saturated heterocycles. The highest BCUT2D eigenvalue weighted by Gasteiger charge is 2.35. The number of hydrogen-bond donors (Lipinski definition) is 2. The van der Waals surface area contributed by atoms with Gasteiger partial charge in [0.1, 0.15) is 17.8 Å². The Morgan fingerprint density at radius 3 is 2.39 bits per heavy atom. The zero-order chi connectivity index (χ0) is 20.6. The monoisotopic (exact) mass is 387 g/mol. The van der Waals surface area contributed by atoms with Gasteiger partial charge in [0.2, 0.25) is 0 Å². The van der Waals surface area contributed by atoms with E-state index in [4.69, 9.17) is 9.47 Å². The molecule has 1 aromatic carbocycles. The predicted molar refractivity (Wildman–Crippen MR) is 100 cm³/mol. The number of hydrogen-bond acceptors (Lipinski definition) is 6. The number of nitrogens with zero attached hydrogens (tertiary/aromatic N) is 1. The van der Waals surface area contributed by atoms with Gasteiger partial charge in [0.25, 0.3) is 11.8 Å². The largest absolute Gasteiger partial charge is 0.497 e. The summed E-state index contributed by atoms with van der Waals surface area (Å²) in [5.41, 5.74) is -0.522. The molecule has 1 aromatic rings. The minimum atomic E-state index is -1.06. The lowest BCUT2D eigenvalue weighted by atomic mass is 9.83. The van der Waals surface area contributed by atoms with Gasteiger partial charge in [0.05, 0.1) is 13.2 Å². The molecule has 0 heterocycles. The predicted octanol–water partition coefficient (Wildman–Crippen LogP) is 1.70. The van der Waals surface area contributed by atoms with Crippen molar-refractivity contribution in [3.63, 3.8) is 0 Å². The van der Waals surface area contributed by atoms with Crippen LogP contribution in [0.1, 0.15) is 49.4 Å². The maximum Gasteiger partial charge on any atom is 0.326 e. The number of nitriles is 1. The average Bonchev–Trinajstić information content (AvgIpc) is 2.72. The lowest BCUT2D eigenvalue weighted by molar-refractivity contribution is -0.154. The molecular weight excluding hydrogens is 362 g/mol. The van der Waals surface area contributed by atoms with E-state index >= 15 is 0 Å². The molecule has 1 fully saturated rings. The van der Waals surface area contributed by atoms with Crippen molar-refractivity contribution in [1.29, 1.82) is 5.26 Å². The first kappa shape index (κ1) is 21.2. The summed E-state index contributed by atoms with van der Waals surface area (Å²) in [6.45, 7) is 1.07. The van der Waals surface area contributed by atoms with E-state index < -0.39 is 29.4 Å². The van der Waals surface area contributed by atoms with Crippen LogP contribution in [0.25, 0.3) is 0 Å². The second-order valence-electron chi connectivity index (χ2n) is 6.79. The normalized spacial score (nSPS) is 16.2. The van der Waals surface area contributed by atoms with Gasteiger partial charge in [-0.1, -0.05) is 19.3 Å². The van der Waals surface area contributed by atoms with Gasteiger partial charge in [0.15, 0.2) is 6.10 Å². The van der Waals surface area contributed by atoms with E-state index in [2.05, 4.69) is 16.7 Å². The van der Waals surface area contributed by atoms with E-state index in [1.54, 1.807) is 24.3 Å². The molecule has 0 spiro atoms. The average molecular weight is 387 g/mol. The minimum absolute atomic E-state index is 0.368. The lowest BCUT2D eigenvalue weighted by Gasteiger charge is -2.32. The molecular formula is C20H25N3O5. The van der Waals surface area contributed by atoms with Gasteiger partial charge >= 0.3 is 5.97 Å². The molecule has 8 heteroatoms. The van der Waals surface area contributed by atoms with Gasteiger partial charge in [0, 0.05) is 5.56 Å². The molecule has 1 aliphatic carbocycles. The van der Waals surface area contributed by atoms with Crippen LogP contribution in [0.15, 0.2) is 24.3 Å². The van der Waals surface area contributed by atoms with E-state index in [1.807, 2.05) is 0 Å². The van der Waals surface area contributed by atoms with Crippen LogP contribution >= 0.6 is 0 Å². The summed E-state index contributed by atoms with van der Waals surface area (Å²) in [6.07, 6.45) is 2.91. The number of carbonyl (C=O) groups excluding carboxylic acids is 3. The first-order valence-electron chi connectivity index (χ1n) is 9.24. The second kappa shape index (κ2) is 9.74. The Morgan fingerprint density at radius 2 is 1.82 bits per heavy atom. The van der Waals surface area contributed by atoms with Crippen molar-refractivity contribution >= 4 is 17.8 Å². The van der Waals surface area contributed by atoms with Gasteiger partial charge in [-0.3, -0.25) is 14.4 Å². The number of carbonyl (C=O) groups is 3. The number of benzene rings is 1. The van der Waals surface area contributed by atoms with Crippen LogP contribution in [0, 0.1) is 11.3 Å². The summed E-state index contributed by atoms with van der Waals surface area (Å²) >= 11 is 0. The quantitative estimate of drug-likeness (QED) is 0.688. The first-order valence-corrected chi connectivity index (χ1v) is 9.24. The highest BCUT2D eigenvalue weighted by atomic mass is 16.5. The molecule has 1 atom stereocenters. The molecule has 2 rings (SSSR count). The summed E-state index contributed by atoms with van der Waals surface area (Å²) in [6, 6.07) is 8.60. The van der Waals surface area contributed by atoms with E-state index in [-0.39, 0.29) is 6.54 Å². The molecule has 2 amide bonds. The topological polar surface area (TPSA) is 118 Å². The Balaban J connectivity index is 1.80. The molecule has 1 saturated carbocycles. The third kappa shape index (κ3) is 5.71. The van der Waals surface area contributed by atoms with E-state index in [0.717, 1.165) is 19.3 Å². The van der Waals surface area contributed by atoms with Crippen molar-refractivity contribution in [2.45, 2.75) is 50.7 Å². The van der Waals surface area contributed by atoms with Crippen LogP contribution in [0.2, 0.25) is 0 Å². The van der Waals surface area contributed by atoms with Crippen molar-refractivity contribution in [2.24, 2.45) is 0 Å². The zero-order valence-electron chi connectivity index (χ0n) is 16.1. The minimum Gasteiger partial charge on any atom is -0.497 e. The Hall–Kier alpha value is -3.08. The molecule has 8 nitrogen and oxygen atoms in total. The highest BCUT2D eigenvalue weighted by Crippen LogP contribution is 2.27. The third-order valence-corrected chi connectivity index (χ3v) is 4.71. The van der Waals surface area contributed by atoms with Crippen LogP contribution in [0.5, 0.6) is 5.75 Å². The lowest BCUT2D eigenvalue weighted by Crippen LogP contribution is -2.52. The summed E-state index contributed by atoms with van der Waals surface area (Å²) in [4.78, 5) is 36.3. The standard InChI is InChI=1S/C20H25N3O5/c1-14(18(25)23-20(13-21)10-4-3-5-11-20)28-17(24)12-22-19(26)15-6-8-16(27-2)9-7-15/h6-9,14H,3-5,10-12H2,1-2H3,(H,22,26)(H,23,25)/t14-/m0/s1. The molecule has 150 valence electrons. The van der Waals surface area contributed by atoms with Crippen molar-refractivity contribution in [1.82, 2.24) is 10.6 Å². The van der Waals surface area contributed by atoms with Crippen molar-refractivity contribution in [3.8, 4) is 11.8 Å². The summed E-state index contributed by atoms with van der Waals surface area (Å²) in [5, 5.41) is 14.6. The Kier molecular flexibility index (Phi) is 7.38. The van der Waals surface area contributed by atoms with Gasteiger partial charge in [-0.15, -0.1) is 0 Å². The molecule has 0 unspecified atom stereocenters. The van der Waals surface area contributed by atoms with Crippen molar-refractivity contribution in [2.75, 3.05) is 13.7 Å². The third-order valence-electron chi connectivity index (χ3n) is 4.71. The van der Waals surface area contributed by atoms with Crippen molar-refractivity contribution in [3.05, 3.63) is 29.8 Å². The number of nitrogens with one attached hydrogen (secondary N) is 2. The van der Waals surface area contributed by atoms with E-state index in [0.29, 0.717) is 24.2 Å². The van der Waals surface area contributed by atoms with Crippen LogP contribution in [0.3, 0.4) is 0 Å². The Morgan fingerprint density at radius 1 is 1.18 bits per heavy atom. The molecule has 0 bridgehead atoms. The fourth-order valence-corrected chi connectivity index (χ4v) is 3.05. The maximum absolute atomic E-state index is 12.3. The van der Waals surface area contributed by atoms with Crippen LogP contribution in [-0.4, -0.2) is 43.1 Å². The smallest absolute Gasteiger partial charge is 0.326 e. The number of methoxy groups -OCH3 is 1. The van der Waals surface area contributed by atoms with Crippen LogP contribution < -0.4 is 15.4 Å². The fourth-order valence-electron chi connectivity index (χ4n) is 3.05. The summed E-state index contributed by atoms with van der Waals surface area (Å²) in [5.74, 6) is -1.08. The van der Waals surface area contributed by atoms with Gasteiger partial charge in [-0.25, -0.2) is 0 Å². The number of ether oxygens (including phenoxy) is 2. The second-order valence-corrected chi connectivity index (χ2v) is 6.79. The van der Waals surface area contributed by atoms with Crippen LogP contribution in [0.4, 0.5) is 0 Å². The van der Waals surface area contributed by atoms with Gasteiger partial charge in [-0.05, 0) is 44.0 Å². The summed E-state index contributed by atoms with van der Waals surface area (Å²) < 4.78 is 10.1. The maximum atomic E-state index is 12.3. The number of amides is 2. The molecule has 28 heavy (non-hydrogen) atoms. The SMILES string of the molecule is COc1ccc(C(=O)NCC(=O)O[C@@H](C)C(=O)NC2(C#N)CCCCC2)cc1. The van der Waals surface area contributed by atoms with E-state index in [1.165, 1.54) is 14.0 Å². The number of rotatable bonds is 7.